The Kier molecular flexibility index (Phi) is 4.30. The maximum atomic E-state index is 12.7. The molecule has 0 spiro atoms. The number of carbonyl (C=O) groups is 1. The van der Waals surface area contributed by atoms with Crippen LogP contribution in [0.5, 0.6) is 5.75 Å². The number of benzene rings is 2. The number of aryl methyl sites for hydroxylation is 1. The first-order chi connectivity index (χ1) is 12.6. The number of nitrogens with zero attached hydrogens (tertiary/aromatic N) is 2. The summed E-state index contributed by atoms with van der Waals surface area (Å²) in [6.07, 6.45) is 0. The minimum absolute atomic E-state index is 0.117. The fraction of sp³-hybridized carbons (Fsp3) is 0.158. The molecule has 0 saturated heterocycles. The van der Waals surface area contributed by atoms with Crippen molar-refractivity contribution >= 4 is 44.8 Å². The monoisotopic (exact) mass is 385 g/mol. The molecule has 4 aromatic rings. The van der Waals surface area contributed by atoms with Gasteiger partial charge in [-0.3, -0.25) is 9.20 Å². The minimum Gasteiger partial charge on any atom is -0.495 e. The van der Waals surface area contributed by atoms with Crippen LogP contribution in [0, 0.1) is 6.92 Å². The maximum Gasteiger partial charge on any atom is 0.263 e. The van der Waals surface area contributed by atoms with E-state index in [1.54, 1.807) is 19.2 Å². The van der Waals surface area contributed by atoms with Crippen LogP contribution in [0.15, 0.2) is 42.5 Å². The number of nitrogens with one attached hydrogen (secondary N) is 1. The van der Waals surface area contributed by atoms with Crippen molar-refractivity contribution in [2.24, 2.45) is 0 Å². The summed E-state index contributed by atoms with van der Waals surface area (Å²) >= 11 is 7.53. The SMILES string of the molecule is COc1ccc(CNC(=O)c2sc3nc4ccccc4n3c2C)cc1Cl. The van der Waals surface area contributed by atoms with E-state index < -0.39 is 0 Å². The number of thiazole rings is 1. The lowest BCUT2D eigenvalue weighted by atomic mass is 10.2. The Bertz CT molecular complexity index is 1130. The summed E-state index contributed by atoms with van der Waals surface area (Å²) in [6, 6.07) is 13.4. The number of methoxy groups -OCH3 is 1. The zero-order chi connectivity index (χ0) is 18.3. The van der Waals surface area contributed by atoms with Gasteiger partial charge >= 0.3 is 0 Å². The fourth-order valence-electron chi connectivity index (χ4n) is 2.96. The second kappa shape index (κ2) is 6.63. The van der Waals surface area contributed by atoms with Gasteiger partial charge in [-0.05, 0) is 36.8 Å². The highest BCUT2D eigenvalue weighted by atomic mass is 35.5. The Balaban J connectivity index is 1.58. The van der Waals surface area contributed by atoms with Crippen molar-refractivity contribution in [2.45, 2.75) is 13.5 Å². The molecule has 26 heavy (non-hydrogen) atoms. The second-order valence-electron chi connectivity index (χ2n) is 5.89. The molecule has 0 aliphatic rings. The summed E-state index contributed by atoms with van der Waals surface area (Å²) in [6.45, 7) is 2.33. The van der Waals surface area contributed by atoms with Gasteiger partial charge in [0.1, 0.15) is 10.6 Å². The van der Waals surface area contributed by atoms with Crippen LogP contribution in [0.25, 0.3) is 16.0 Å². The summed E-state index contributed by atoms with van der Waals surface area (Å²) in [5.41, 5.74) is 3.75. The lowest BCUT2D eigenvalue weighted by Gasteiger charge is -2.07. The quantitative estimate of drug-likeness (QED) is 0.564. The van der Waals surface area contributed by atoms with Crippen molar-refractivity contribution < 1.29 is 9.53 Å². The number of halogens is 1. The molecule has 0 fully saturated rings. The molecule has 132 valence electrons. The predicted molar refractivity (Wildman–Crippen MR) is 104 cm³/mol. The number of rotatable bonds is 4. The predicted octanol–water partition coefficient (Wildman–Crippen LogP) is 4.45. The Labute approximate surface area is 159 Å². The summed E-state index contributed by atoms with van der Waals surface area (Å²) in [4.78, 5) is 18.7. The minimum atomic E-state index is -0.117. The van der Waals surface area contributed by atoms with Crippen LogP contribution in [0.2, 0.25) is 5.02 Å². The third-order valence-corrected chi connectivity index (χ3v) is 5.70. The van der Waals surface area contributed by atoms with Crippen molar-refractivity contribution in [1.29, 1.82) is 0 Å². The molecule has 2 aromatic heterocycles. The third kappa shape index (κ3) is 2.81. The number of hydrogen-bond donors (Lipinski definition) is 1. The summed E-state index contributed by atoms with van der Waals surface area (Å²) in [5, 5.41) is 3.48. The molecule has 4 rings (SSSR count). The van der Waals surface area contributed by atoms with E-state index >= 15 is 0 Å². The molecule has 1 N–H and O–H groups in total. The lowest BCUT2D eigenvalue weighted by Crippen LogP contribution is -2.22. The molecule has 1 amide bonds. The maximum absolute atomic E-state index is 12.7. The molecule has 0 aliphatic heterocycles. The van der Waals surface area contributed by atoms with Crippen molar-refractivity contribution in [3.8, 4) is 5.75 Å². The van der Waals surface area contributed by atoms with Crippen molar-refractivity contribution in [3.05, 3.63) is 63.6 Å². The fourth-order valence-corrected chi connectivity index (χ4v) is 4.29. The first kappa shape index (κ1) is 16.9. The molecule has 0 aliphatic carbocycles. The van der Waals surface area contributed by atoms with Gasteiger partial charge in [0.25, 0.3) is 5.91 Å². The molecule has 5 nitrogen and oxygen atoms in total. The average Bonchev–Trinajstić information content (AvgIpc) is 3.16. The zero-order valence-electron chi connectivity index (χ0n) is 14.2. The van der Waals surface area contributed by atoms with Gasteiger partial charge in [0, 0.05) is 12.2 Å². The number of hydrogen-bond acceptors (Lipinski definition) is 4. The van der Waals surface area contributed by atoms with E-state index in [1.165, 1.54) is 11.3 Å². The summed E-state index contributed by atoms with van der Waals surface area (Å²) in [7, 11) is 1.57. The molecule has 0 radical (unpaired) electrons. The smallest absolute Gasteiger partial charge is 0.263 e. The largest absolute Gasteiger partial charge is 0.495 e. The summed E-state index contributed by atoms with van der Waals surface area (Å²) < 4.78 is 7.17. The number of aromatic nitrogens is 2. The number of ether oxygens (including phenoxy) is 1. The van der Waals surface area contributed by atoms with Crippen LogP contribution in [-0.4, -0.2) is 22.4 Å². The standard InChI is InChI=1S/C19H16ClN3O2S/c1-11-17(26-19-22-14-5-3-4-6-15(14)23(11)19)18(24)21-10-12-7-8-16(25-2)13(20)9-12/h3-9H,10H2,1-2H3,(H,21,24). The zero-order valence-corrected chi connectivity index (χ0v) is 15.8. The van der Waals surface area contributed by atoms with E-state index in [2.05, 4.69) is 10.3 Å². The number of carbonyl (C=O) groups excluding carboxylic acids is 1. The van der Waals surface area contributed by atoms with Gasteiger partial charge in [0.2, 0.25) is 0 Å². The van der Waals surface area contributed by atoms with E-state index in [4.69, 9.17) is 16.3 Å². The molecule has 7 heteroatoms. The highest BCUT2D eigenvalue weighted by Gasteiger charge is 2.18. The van der Waals surface area contributed by atoms with Gasteiger partial charge in [0.15, 0.2) is 4.96 Å². The molecule has 2 heterocycles. The Morgan fingerprint density at radius 2 is 2.12 bits per heavy atom. The molecular formula is C19H16ClN3O2S. The molecule has 0 saturated carbocycles. The van der Waals surface area contributed by atoms with Crippen LogP contribution < -0.4 is 10.1 Å². The Morgan fingerprint density at radius 1 is 1.31 bits per heavy atom. The van der Waals surface area contributed by atoms with Gasteiger partial charge in [0.05, 0.1) is 23.2 Å². The number of imidazole rings is 1. The van der Waals surface area contributed by atoms with E-state index in [0.717, 1.165) is 27.3 Å². The van der Waals surface area contributed by atoms with Crippen molar-refractivity contribution in [3.63, 3.8) is 0 Å². The molecule has 0 unspecified atom stereocenters. The molecule has 2 aromatic carbocycles. The van der Waals surface area contributed by atoms with E-state index in [0.29, 0.717) is 22.2 Å². The average molecular weight is 386 g/mol. The Morgan fingerprint density at radius 3 is 2.88 bits per heavy atom. The third-order valence-electron chi connectivity index (χ3n) is 4.26. The normalized spacial score (nSPS) is 11.2. The van der Waals surface area contributed by atoms with Crippen LogP contribution >= 0.6 is 22.9 Å². The number of para-hydroxylation sites is 2. The Hall–Kier alpha value is -2.57. The highest BCUT2D eigenvalue weighted by Crippen LogP contribution is 2.28. The van der Waals surface area contributed by atoms with Crippen molar-refractivity contribution in [2.75, 3.05) is 7.11 Å². The van der Waals surface area contributed by atoms with Gasteiger partial charge < -0.3 is 10.1 Å². The lowest BCUT2D eigenvalue weighted by molar-refractivity contribution is 0.0954. The van der Waals surface area contributed by atoms with Gasteiger partial charge in [-0.25, -0.2) is 4.98 Å². The van der Waals surface area contributed by atoms with Crippen LogP contribution in [0.4, 0.5) is 0 Å². The van der Waals surface area contributed by atoms with Gasteiger partial charge in [-0.15, -0.1) is 0 Å². The topological polar surface area (TPSA) is 55.6 Å². The molecule has 0 bridgehead atoms. The number of fused-ring (bicyclic) bond motifs is 3. The van der Waals surface area contributed by atoms with Crippen LogP contribution in [0.3, 0.4) is 0 Å². The van der Waals surface area contributed by atoms with Gasteiger partial charge in [-0.2, -0.15) is 0 Å². The summed E-state index contributed by atoms with van der Waals surface area (Å²) in [5.74, 6) is 0.498. The van der Waals surface area contributed by atoms with Crippen molar-refractivity contribution in [1.82, 2.24) is 14.7 Å². The van der Waals surface area contributed by atoms with E-state index in [-0.39, 0.29) is 5.91 Å². The van der Waals surface area contributed by atoms with Gasteiger partial charge in [-0.1, -0.05) is 41.1 Å². The molecule has 0 atom stereocenters. The van der Waals surface area contributed by atoms with E-state index in [9.17, 15) is 4.79 Å². The highest BCUT2D eigenvalue weighted by molar-refractivity contribution is 7.19. The van der Waals surface area contributed by atoms with Crippen LogP contribution in [0.1, 0.15) is 20.9 Å². The first-order valence-electron chi connectivity index (χ1n) is 8.05. The van der Waals surface area contributed by atoms with Crippen LogP contribution in [-0.2, 0) is 6.54 Å². The van der Waals surface area contributed by atoms with E-state index in [1.807, 2.05) is 41.7 Å². The molecular weight excluding hydrogens is 370 g/mol. The number of amides is 1. The first-order valence-corrected chi connectivity index (χ1v) is 9.25. The second-order valence-corrected chi connectivity index (χ2v) is 7.27.